The molecule has 0 atom stereocenters. The summed E-state index contributed by atoms with van der Waals surface area (Å²) in [5.41, 5.74) is 1.71. The van der Waals surface area contributed by atoms with Crippen molar-refractivity contribution in [2.45, 2.75) is 39.0 Å². The van der Waals surface area contributed by atoms with Gasteiger partial charge in [0.2, 0.25) is 0 Å². The van der Waals surface area contributed by atoms with Crippen LogP contribution in [0.25, 0.3) is 0 Å². The highest BCUT2D eigenvalue weighted by Crippen LogP contribution is 2.30. The Bertz CT molecular complexity index is 452. The number of anilines is 1. The van der Waals surface area contributed by atoms with Crippen LogP contribution in [0.3, 0.4) is 0 Å². The third-order valence-corrected chi connectivity index (χ3v) is 4.32. The van der Waals surface area contributed by atoms with Crippen LogP contribution in [-0.4, -0.2) is 19.4 Å². The Balaban J connectivity index is 2.05. The van der Waals surface area contributed by atoms with Gasteiger partial charge in [-0.3, -0.25) is 4.79 Å². The minimum atomic E-state index is 0.0587. The van der Waals surface area contributed by atoms with Crippen molar-refractivity contribution in [3.63, 3.8) is 0 Å². The fourth-order valence-electron chi connectivity index (χ4n) is 2.89. The second-order valence-corrected chi connectivity index (χ2v) is 6.01. The smallest absolute Gasteiger partial charge is 0.159 e. The average molecular weight is 280 g/mol. The normalized spacial score (nSPS) is 16.4. The highest BCUT2D eigenvalue weighted by Gasteiger charge is 2.17. The van der Waals surface area contributed by atoms with Crippen molar-refractivity contribution in [2.75, 3.05) is 18.5 Å². The van der Waals surface area contributed by atoms with E-state index in [4.69, 9.17) is 11.6 Å². The summed E-state index contributed by atoms with van der Waals surface area (Å²) in [4.78, 5) is 13.5. The molecule has 1 aromatic rings. The summed E-state index contributed by atoms with van der Waals surface area (Å²) in [6, 6.07) is 5.60. The molecule has 1 aliphatic rings. The summed E-state index contributed by atoms with van der Waals surface area (Å²) < 4.78 is 0. The highest BCUT2D eigenvalue weighted by atomic mass is 35.5. The first-order chi connectivity index (χ1) is 9.08. The lowest BCUT2D eigenvalue weighted by Crippen LogP contribution is -2.27. The predicted molar refractivity (Wildman–Crippen MR) is 81.3 cm³/mol. The molecule has 0 radical (unpaired) electrons. The molecule has 1 aliphatic carbocycles. The monoisotopic (exact) mass is 279 g/mol. The van der Waals surface area contributed by atoms with Crippen LogP contribution in [0.4, 0.5) is 5.69 Å². The first-order valence-corrected chi connectivity index (χ1v) is 7.47. The molecule has 2 rings (SSSR count). The van der Waals surface area contributed by atoms with Crippen molar-refractivity contribution in [3.8, 4) is 0 Å². The molecular formula is C16H22ClNO. The Kier molecular flexibility index (Phi) is 4.87. The van der Waals surface area contributed by atoms with E-state index >= 15 is 0 Å². The molecule has 0 spiro atoms. The Morgan fingerprint density at radius 1 is 1.32 bits per heavy atom. The van der Waals surface area contributed by atoms with Gasteiger partial charge in [0.25, 0.3) is 0 Å². The summed E-state index contributed by atoms with van der Waals surface area (Å²) in [6.45, 7) is 2.62. The zero-order chi connectivity index (χ0) is 13.8. The Hall–Kier alpha value is -1.02. The van der Waals surface area contributed by atoms with Crippen LogP contribution in [0.15, 0.2) is 18.2 Å². The molecule has 1 fully saturated rings. The molecule has 19 heavy (non-hydrogen) atoms. The number of carbonyl (C=O) groups is 1. The van der Waals surface area contributed by atoms with E-state index in [2.05, 4.69) is 11.9 Å². The molecule has 0 amide bonds. The van der Waals surface area contributed by atoms with Crippen LogP contribution in [-0.2, 0) is 0 Å². The maximum absolute atomic E-state index is 11.3. The summed E-state index contributed by atoms with van der Waals surface area (Å²) >= 11 is 6.29. The Morgan fingerprint density at radius 3 is 2.58 bits per heavy atom. The molecule has 0 unspecified atom stereocenters. The van der Waals surface area contributed by atoms with Crippen LogP contribution in [0.1, 0.15) is 49.4 Å². The van der Waals surface area contributed by atoms with Gasteiger partial charge in [0.15, 0.2) is 5.78 Å². The van der Waals surface area contributed by atoms with Gasteiger partial charge in [-0.1, -0.05) is 30.9 Å². The van der Waals surface area contributed by atoms with E-state index in [0.717, 1.165) is 18.2 Å². The van der Waals surface area contributed by atoms with Crippen LogP contribution in [0.2, 0.25) is 5.02 Å². The molecular weight excluding hydrogens is 258 g/mol. The molecule has 0 saturated heterocycles. The second-order valence-electron chi connectivity index (χ2n) is 5.61. The minimum absolute atomic E-state index is 0.0587. The first kappa shape index (κ1) is 14.4. The molecule has 0 heterocycles. The van der Waals surface area contributed by atoms with Crippen LogP contribution in [0.5, 0.6) is 0 Å². The number of ketones is 1. The molecule has 1 saturated carbocycles. The van der Waals surface area contributed by atoms with Gasteiger partial charge in [-0.25, -0.2) is 0 Å². The quantitative estimate of drug-likeness (QED) is 0.753. The fraction of sp³-hybridized carbons (Fsp3) is 0.562. The van der Waals surface area contributed by atoms with E-state index in [1.165, 1.54) is 32.1 Å². The van der Waals surface area contributed by atoms with Gasteiger partial charge < -0.3 is 4.90 Å². The van der Waals surface area contributed by atoms with Crippen molar-refractivity contribution in [1.82, 2.24) is 0 Å². The molecule has 0 aromatic heterocycles. The van der Waals surface area contributed by atoms with Gasteiger partial charge in [0.1, 0.15) is 0 Å². The zero-order valence-electron chi connectivity index (χ0n) is 11.8. The topological polar surface area (TPSA) is 20.3 Å². The van der Waals surface area contributed by atoms with Crippen molar-refractivity contribution < 1.29 is 4.79 Å². The van der Waals surface area contributed by atoms with Gasteiger partial charge in [0.05, 0.1) is 10.7 Å². The number of Topliss-reactive ketones (excluding diaryl/α,β-unsaturated/α-hetero) is 1. The summed E-state index contributed by atoms with van der Waals surface area (Å²) in [5, 5.41) is 0.672. The molecule has 0 bridgehead atoms. The lowest BCUT2D eigenvalue weighted by molar-refractivity contribution is 0.101. The Labute approximate surface area is 120 Å². The van der Waals surface area contributed by atoms with E-state index in [9.17, 15) is 4.79 Å². The number of benzene rings is 1. The summed E-state index contributed by atoms with van der Waals surface area (Å²) in [7, 11) is 2.09. The van der Waals surface area contributed by atoms with Gasteiger partial charge in [0, 0.05) is 19.2 Å². The predicted octanol–water partition coefficient (Wildman–Crippen LogP) is 4.56. The summed E-state index contributed by atoms with van der Waals surface area (Å²) in [5.74, 6) is 0.839. The maximum Gasteiger partial charge on any atom is 0.159 e. The van der Waals surface area contributed by atoms with Gasteiger partial charge in [-0.05, 0) is 43.9 Å². The zero-order valence-corrected chi connectivity index (χ0v) is 12.5. The third kappa shape index (κ3) is 3.73. The molecule has 0 aliphatic heterocycles. The van der Waals surface area contributed by atoms with E-state index < -0.39 is 0 Å². The lowest BCUT2D eigenvalue weighted by atomic mass is 9.89. The van der Waals surface area contributed by atoms with Gasteiger partial charge >= 0.3 is 0 Å². The maximum atomic E-state index is 11.3. The van der Waals surface area contributed by atoms with Crippen LogP contribution >= 0.6 is 11.6 Å². The van der Waals surface area contributed by atoms with Crippen molar-refractivity contribution in [2.24, 2.45) is 5.92 Å². The van der Waals surface area contributed by atoms with Gasteiger partial charge in [-0.2, -0.15) is 0 Å². The largest absolute Gasteiger partial charge is 0.373 e. The van der Waals surface area contributed by atoms with E-state index in [0.29, 0.717) is 10.6 Å². The van der Waals surface area contributed by atoms with Gasteiger partial charge in [-0.15, -0.1) is 0 Å². The average Bonchev–Trinajstić information content (AvgIpc) is 2.39. The number of rotatable bonds is 4. The van der Waals surface area contributed by atoms with E-state index in [1.807, 2.05) is 12.1 Å². The lowest BCUT2D eigenvalue weighted by Gasteiger charge is -2.29. The van der Waals surface area contributed by atoms with Crippen LogP contribution in [0, 0.1) is 5.92 Å². The molecule has 104 valence electrons. The van der Waals surface area contributed by atoms with Crippen molar-refractivity contribution >= 4 is 23.1 Å². The number of carbonyl (C=O) groups excluding carboxylic acids is 1. The molecule has 3 heteroatoms. The number of hydrogen-bond donors (Lipinski definition) is 0. The highest BCUT2D eigenvalue weighted by molar-refractivity contribution is 6.33. The van der Waals surface area contributed by atoms with Crippen molar-refractivity contribution in [1.29, 1.82) is 0 Å². The molecule has 0 N–H and O–H groups in total. The molecule has 1 aromatic carbocycles. The SMILES string of the molecule is CC(=O)c1ccc(N(C)CC2CCCCC2)c(Cl)c1. The third-order valence-electron chi connectivity index (χ3n) is 4.02. The van der Waals surface area contributed by atoms with Crippen LogP contribution < -0.4 is 4.90 Å². The van der Waals surface area contributed by atoms with Crippen molar-refractivity contribution in [3.05, 3.63) is 28.8 Å². The standard InChI is InChI=1S/C16H22ClNO/c1-12(19)14-8-9-16(15(17)10-14)18(2)11-13-6-4-3-5-7-13/h8-10,13H,3-7,11H2,1-2H3. The Morgan fingerprint density at radius 2 is 2.00 bits per heavy atom. The second kappa shape index (κ2) is 6.42. The van der Waals surface area contributed by atoms with E-state index in [1.54, 1.807) is 13.0 Å². The first-order valence-electron chi connectivity index (χ1n) is 7.09. The fourth-order valence-corrected chi connectivity index (χ4v) is 3.22. The minimum Gasteiger partial charge on any atom is -0.373 e. The number of halogens is 1. The van der Waals surface area contributed by atoms with E-state index in [-0.39, 0.29) is 5.78 Å². The number of nitrogens with zero attached hydrogens (tertiary/aromatic N) is 1. The number of hydrogen-bond acceptors (Lipinski definition) is 2. The summed E-state index contributed by atoms with van der Waals surface area (Å²) in [6.07, 6.45) is 6.75. The molecule has 2 nitrogen and oxygen atoms in total.